The summed E-state index contributed by atoms with van der Waals surface area (Å²) in [5.74, 6) is 0. The van der Waals surface area contributed by atoms with Gasteiger partial charge in [0.2, 0.25) is 0 Å². The molecule has 0 unspecified atom stereocenters. The maximum absolute atomic E-state index is 4.52. The van der Waals surface area contributed by atoms with E-state index in [1.165, 1.54) is 5.56 Å². The monoisotopic (exact) mass is 273 g/mol. The summed E-state index contributed by atoms with van der Waals surface area (Å²) in [4.78, 5) is 4.52. The van der Waals surface area contributed by atoms with E-state index in [1.807, 2.05) is 42.5 Å². The van der Waals surface area contributed by atoms with Gasteiger partial charge < -0.3 is 5.32 Å². The SMILES string of the molecule is [CH2]c1cccc(-c2ccccc2CNc2ccccc2)n1. The molecule has 2 aromatic carbocycles. The van der Waals surface area contributed by atoms with Crippen LogP contribution in [0.1, 0.15) is 11.3 Å². The second-order valence-corrected chi connectivity index (χ2v) is 4.89. The lowest BCUT2D eigenvalue weighted by molar-refractivity contribution is 1.14. The molecule has 1 heterocycles. The highest BCUT2D eigenvalue weighted by molar-refractivity contribution is 5.64. The fourth-order valence-corrected chi connectivity index (χ4v) is 2.31. The molecule has 0 fully saturated rings. The number of rotatable bonds is 4. The van der Waals surface area contributed by atoms with E-state index in [2.05, 4.69) is 47.6 Å². The van der Waals surface area contributed by atoms with Gasteiger partial charge in [-0.3, -0.25) is 4.98 Å². The van der Waals surface area contributed by atoms with Gasteiger partial charge in [-0.1, -0.05) is 48.5 Å². The highest BCUT2D eigenvalue weighted by Gasteiger charge is 2.05. The van der Waals surface area contributed by atoms with Gasteiger partial charge in [0.25, 0.3) is 0 Å². The third-order valence-electron chi connectivity index (χ3n) is 3.36. The van der Waals surface area contributed by atoms with Crippen LogP contribution in [0.2, 0.25) is 0 Å². The second kappa shape index (κ2) is 6.23. The van der Waals surface area contributed by atoms with E-state index in [9.17, 15) is 0 Å². The highest BCUT2D eigenvalue weighted by atomic mass is 14.9. The van der Waals surface area contributed by atoms with Crippen LogP contribution in [0.5, 0.6) is 0 Å². The first-order valence-corrected chi connectivity index (χ1v) is 6.99. The number of pyridine rings is 1. The first-order chi connectivity index (χ1) is 10.3. The number of anilines is 1. The van der Waals surface area contributed by atoms with Gasteiger partial charge in [0.05, 0.1) is 5.69 Å². The summed E-state index contributed by atoms with van der Waals surface area (Å²) in [5.41, 5.74) is 5.24. The van der Waals surface area contributed by atoms with Crippen LogP contribution in [0.3, 0.4) is 0 Å². The van der Waals surface area contributed by atoms with Crippen molar-refractivity contribution in [1.82, 2.24) is 4.98 Å². The van der Waals surface area contributed by atoms with Crippen molar-refractivity contribution >= 4 is 5.69 Å². The van der Waals surface area contributed by atoms with E-state index in [0.717, 1.165) is 29.2 Å². The largest absolute Gasteiger partial charge is 0.381 e. The van der Waals surface area contributed by atoms with Crippen LogP contribution in [-0.4, -0.2) is 4.98 Å². The van der Waals surface area contributed by atoms with Crippen molar-refractivity contribution in [1.29, 1.82) is 0 Å². The van der Waals surface area contributed by atoms with Crippen LogP contribution in [0.4, 0.5) is 5.69 Å². The summed E-state index contributed by atoms with van der Waals surface area (Å²) in [6, 6.07) is 24.5. The van der Waals surface area contributed by atoms with E-state index < -0.39 is 0 Å². The first kappa shape index (κ1) is 13.4. The highest BCUT2D eigenvalue weighted by Crippen LogP contribution is 2.23. The molecule has 0 atom stereocenters. The van der Waals surface area contributed by atoms with Crippen molar-refractivity contribution < 1.29 is 0 Å². The molecule has 103 valence electrons. The van der Waals surface area contributed by atoms with Gasteiger partial charge in [0, 0.05) is 23.5 Å². The van der Waals surface area contributed by atoms with E-state index in [1.54, 1.807) is 0 Å². The predicted molar refractivity (Wildman–Crippen MR) is 87.9 cm³/mol. The van der Waals surface area contributed by atoms with Crippen LogP contribution in [0.25, 0.3) is 11.3 Å². The van der Waals surface area contributed by atoms with Crippen LogP contribution < -0.4 is 5.32 Å². The lowest BCUT2D eigenvalue weighted by Gasteiger charge is -2.11. The summed E-state index contributed by atoms with van der Waals surface area (Å²) in [6.45, 7) is 4.67. The Morgan fingerprint density at radius 2 is 1.57 bits per heavy atom. The van der Waals surface area contributed by atoms with Crippen molar-refractivity contribution in [3.05, 3.63) is 91.0 Å². The van der Waals surface area contributed by atoms with Gasteiger partial charge >= 0.3 is 0 Å². The second-order valence-electron chi connectivity index (χ2n) is 4.89. The Balaban J connectivity index is 1.86. The zero-order chi connectivity index (χ0) is 14.5. The Morgan fingerprint density at radius 3 is 2.38 bits per heavy atom. The molecule has 0 bridgehead atoms. The molecular formula is C19H17N2. The molecule has 0 aliphatic carbocycles. The minimum Gasteiger partial charge on any atom is -0.381 e. The molecule has 1 aromatic heterocycles. The number of nitrogens with one attached hydrogen (secondary N) is 1. The zero-order valence-corrected chi connectivity index (χ0v) is 11.8. The molecule has 1 radical (unpaired) electrons. The van der Waals surface area contributed by atoms with Gasteiger partial charge in [-0.15, -0.1) is 0 Å². The Bertz CT molecular complexity index is 720. The summed E-state index contributed by atoms with van der Waals surface area (Å²) in [6.07, 6.45) is 0. The van der Waals surface area contributed by atoms with Crippen molar-refractivity contribution in [2.45, 2.75) is 6.54 Å². The Kier molecular flexibility index (Phi) is 3.97. The van der Waals surface area contributed by atoms with Crippen molar-refractivity contribution in [3.63, 3.8) is 0 Å². The molecule has 0 aliphatic rings. The molecule has 2 nitrogen and oxygen atoms in total. The zero-order valence-electron chi connectivity index (χ0n) is 11.8. The average Bonchev–Trinajstić information content (AvgIpc) is 2.54. The normalized spacial score (nSPS) is 10.3. The Labute approximate surface area is 125 Å². The maximum atomic E-state index is 4.52. The van der Waals surface area contributed by atoms with E-state index >= 15 is 0 Å². The first-order valence-electron chi connectivity index (χ1n) is 6.99. The van der Waals surface area contributed by atoms with Gasteiger partial charge in [-0.05, 0) is 36.8 Å². The van der Waals surface area contributed by atoms with Crippen LogP contribution in [0.15, 0.2) is 72.8 Å². The molecule has 21 heavy (non-hydrogen) atoms. The van der Waals surface area contributed by atoms with Gasteiger partial charge in [0.1, 0.15) is 0 Å². The topological polar surface area (TPSA) is 24.9 Å². The average molecular weight is 273 g/mol. The summed E-state index contributed by atoms with van der Waals surface area (Å²) < 4.78 is 0. The molecular weight excluding hydrogens is 256 g/mol. The lowest BCUT2D eigenvalue weighted by atomic mass is 10.0. The molecule has 0 saturated carbocycles. The smallest absolute Gasteiger partial charge is 0.0708 e. The predicted octanol–water partition coefficient (Wildman–Crippen LogP) is 4.54. The van der Waals surface area contributed by atoms with Gasteiger partial charge in [-0.2, -0.15) is 0 Å². The molecule has 0 saturated heterocycles. The van der Waals surface area contributed by atoms with Crippen LogP contribution in [0, 0.1) is 6.92 Å². The number of aromatic nitrogens is 1. The standard InChI is InChI=1S/C19H17N2/c1-15-8-7-13-19(21-15)18-12-6-5-9-16(18)14-20-17-10-3-2-4-11-17/h2-13,20H,1,14H2. The van der Waals surface area contributed by atoms with Crippen molar-refractivity contribution in [3.8, 4) is 11.3 Å². The minimum atomic E-state index is 0.767. The molecule has 1 N–H and O–H groups in total. The molecule has 0 aliphatic heterocycles. The fraction of sp³-hybridized carbons (Fsp3) is 0.0526. The molecule has 3 aromatic rings. The van der Waals surface area contributed by atoms with Crippen molar-refractivity contribution in [2.75, 3.05) is 5.32 Å². The van der Waals surface area contributed by atoms with Gasteiger partial charge in [-0.25, -0.2) is 0 Å². The molecule has 0 amide bonds. The lowest BCUT2D eigenvalue weighted by Crippen LogP contribution is -2.01. The Hall–Kier alpha value is -2.61. The number of para-hydroxylation sites is 1. The minimum absolute atomic E-state index is 0.767. The number of benzene rings is 2. The van der Waals surface area contributed by atoms with E-state index in [0.29, 0.717) is 0 Å². The number of hydrogen-bond acceptors (Lipinski definition) is 2. The van der Waals surface area contributed by atoms with E-state index in [-0.39, 0.29) is 0 Å². The molecule has 2 heteroatoms. The maximum Gasteiger partial charge on any atom is 0.0708 e. The molecule has 3 rings (SSSR count). The van der Waals surface area contributed by atoms with E-state index in [4.69, 9.17) is 0 Å². The number of nitrogens with zero attached hydrogens (tertiary/aromatic N) is 1. The van der Waals surface area contributed by atoms with Crippen LogP contribution >= 0.6 is 0 Å². The summed E-state index contributed by atoms with van der Waals surface area (Å²) >= 11 is 0. The summed E-state index contributed by atoms with van der Waals surface area (Å²) in [7, 11) is 0. The van der Waals surface area contributed by atoms with Gasteiger partial charge in [0.15, 0.2) is 0 Å². The third-order valence-corrected chi connectivity index (χ3v) is 3.36. The number of hydrogen-bond donors (Lipinski definition) is 1. The fourth-order valence-electron chi connectivity index (χ4n) is 2.31. The van der Waals surface area contributed by atoms with Crippen LogP contribution in [-0.2, 0) is 6.54 Å². The summed E-state index contributed by atoms with van der Waals surface area (Å²) in [5, 5.41) is 3.44. The quantitative estimate of drug-likeness (QED) is 0.754. The van der Waals surface area contributed by atoms with Crippen molar-refractivity contribution in [2.24, 2.45) is 0 Å². The Morgan fingerprint density at radius 1 is 0.810 bits per heavy atom. The molecule has 0 spiro atoms. The third kappa shape index (κ3) is 3.29.